The fourth-order valence-corrected chi connectivity index (χ4v) is 1.56. The van der Waals surface area contributed by atoms with Crippen molar-refractivity contribution in [3.05, 3.63) is 11.6 Å². The molecule has 1 fully saturated rings. The Morgan fingerprint density at radius 3 is 2.92 bits per heavy atom. The number of nitrogens with two attached hydrogens (primary N) is 1. The van der Waals surface area contributed by atoms with E-state index in [0.717, 1.165) is 25.0 Å². The Labute approximate surface area is 73.0 Å². The molecule has 0 aromatic rings. The second kappa shape index (κ2) is 4.26. The normalized spacial score (nSPS) is 24.4. The summed E-state index contributed by atoms with van der Waals surface area (Å²) in [7, 11) is 0. The second-order valence-electron chi connectivity index (χ2n) is 3.18. The number of hydrogen-bond acceptors (Lipinski definition) is 2. The van der Waals surface area contributed by atoms with Crippen LogP contribution in [-0.4, -0.2) is 18.5 Å². The third-order valence-electron chi connectivity index (χ3n) is 2.29. The monoisotopic (exact) mass is 168 g/mol. The molecule has 1 aliphatic heterocycles. The quantitative estimate of drug-likeness (QED) is 0.605. The predicted molar refractivity (Wildman–Crippen MR) is 48.6 cm³/mol. The minimum absolute atomic E-state index is 0.286. The fraction of sp³-hybridized carbons (Fsp3) is 0.667. The van der Waals surface area contributed by atoms with Crippen molar-refractivity contribution in [3.8, 4) is 0 Å². The Bertz CT molecular complexity index is 193. The van der Waals surface area contributed by atoms with Crippen LogP contribution in [-0.2, 0) is 4.79 Å². The van der Waals surface area contributed by atoms with E-state index in [1.54, 1.807) is 0 Å². The van der Waals surface area contributed by atoms with Crippen molar-refractivity contribution in [2.75, 3.05) is 6.54 Å². The number of carbonyl (C=O) groups is 1. The molecule has 0 aliphatic carbocycles. The first-order valence-electron chi connectivity index (χ1n) is 4.42. The molecule has 0 radical (unpaired) electrons. The molecular formula is C9H16N2O. The van der Waals surface area contributed by atoms with Crippen LogP contribution in [0.2, 0.25) is 0 Å². The molecule has 1 aliphatic rings. The minimum Gasteiger partial charge on any atom is -0.366 e. The summed E-state index contributed by atoms with van der Waals surface area (Å²) in [4.78, 5) is 10.8. The summed E-state index contributed by atoms with van der Waals surface area (Å²) in [5.41, 5.74) is 5.94. The lowest BCUT2D eigenvalue weighted by atomic mass is 10.0. The Balaban J connectivity index is 2.42. The minimum atomic E-state index is -0.286. The van der Waals surface area contributed by atoms with Crippen LogP contribution in [0.25, 0.3) is 0 Å². The van der Waals surface area contributed by atoms with Crippen molar-refractivity contribution < 1.29 is 4.79 Å². The van der Waals surface area contributed by atoms with Gasteiger partial charge in [-0.25, -0.2) is 0 Å². The molecule has 1 atom stereocenters. The second-order valence-corrected chi connectivity index (χ2v) is 3.18. The maximum Gasteiger partial charge on any atom is 0.244 e. The molecule has 12 heavy (non-hydrogen) atoms. The average Bonchev–Trinajstić information content (AvgIpc) is 2.51. The number of nitrogens with one attached hydrogen (secondary N) is 1. The third-order valence-corrected chi connectivity index (χ3v) is 2.29. The van der Waals surface area contributed by atoms with Gasteiger partial charge >= 0.3 is 0 Å². The molecule has 1 heterocycles. The van der Waals surface area contributed by atoms with Gasteiger partial charge in [0.05, 0.1) is 0 Å². The summed E-state index contributed by atoms with van der Waals surface area (Å²) >= 11 is 0. The highest BCUT2D eigenvalue weighted by atomic mass is 16.1. The molecule has 3 nitrogen and oxygen atoms in total. The van der Waals surface area contributed by atoms with Gasteiger partial charge < -0.3 is 11.1 Å². The fourth-order valence-electron chi connectivity index (χ4n) is 1.56. The molecule has 0 saturated carbocycles. The number of carbonyl (C=O) groups excluding carboxylic acids is 1. The van der Waals surface area contributed by atoms with E-state index in [4.69, 9.17) is 5.73 Å². The van der Waals surface area contributed by atoms with Gasteiger partial charge in [0, 0.05) is 11.6 Å². The first-order valence-corrected chi connectivity index (χ1v) is 4.42. The third kappa shape index (κ3) is 2.34. The van der Waals surface area contributed by atoms with Gasteiger partial charge in [-0.3, -0.25) is 4.79 Å². The van der Waals surface area contributed by atoms with Crippen molar-refractivity contribution in [3.63, 3.8) is 0 Å². The van der Waals surface area contributed by atoms with Gasteiger partial charge in [0.1, 0.15) is 0 Å². The van der Waals surface area contributed by atoms with Crippen LogP contribution in [0.3, 0.4) is 0 Å². The summed E-state index contributed by atoms with van der Waals surface area (Å²) in [5.74, 6) is -0.286. The van der Waals surface area contributed by atoms with Crippen LogP contribution >= 0.6 is 0 Å². The molecule has 0 aromatic carbocycles. The van der Waals surface area contributed by atoms with Gasteiger partial charge in [-0.1, -0.05) is 6.08 Å². The molecule has 1 saturated heterocycles. The van der Waals surface area contributed by atoms with Crippen molar-refractivity contribution in [2.24, 2.45) is 5.73 Å². The number of amides is 1. The SMILES string of the molecule is C/C=C(/CC1CCCN1)C(N)=O. The molecule has 0 aromatic heterocycles. The van der Waals surface area contributed by atoms with Crippen LogP contribution in [0.4, 0.5) is 0 Å². The average molecular weight is 168 g/mol. The molecule has 3 heteroatoms. The van der Waals surface area contributed by atoms with Gasteiger partial charge in [0.25, 0.3) is 0 Å². The van der Waals surface area contributed by atoms with E-state index in [2.05, 4.69) is 5.32 Å². The van der Waals surface area contributed by atoms with Crippen LogP contribution < -0.4 is 11.1 Å². The molecule has 68 valence electrons. The largest absolute Gasteiger partial charge is 0.366 e. The van der Waals surface area contributed by atoms with E-state index in [1.165, 1.54) is 6.42 Å². The van der Waals surface area contributed by atoms with Crippen LogP contribution in [0.5, 0.6) is 0 Å². The van der Waals surface area contributed by atoms with Crippen molar-refractivity contribution in [2.45, 2.75) is 32.2 Å². The zero-order chi connectivity index (χ0) is 8.97. The number of rotatable bonds is 3. The molecule has 1 rings (SSSR count). The Hall–Kier alpha value is -0.830. The van der Waals surface area contributed by atoms with E-state index in [9.17, 15) is 4.79 Å². The standard InChI is InChI=1S/C9H16N2O/c1-2-7(9(10)12)6-8-4-3-5-11-8/h2,8,11H,3-6H2,1H3,(H2,10,12)/b7-2-. The van der Waals surface area contributed by atoms with Crippen molar-refractivity contribution in [1.29, 1.82) is 0 Å². The lowest BCUT2D eigenvalue weighted by Gasteiger charge is -2.10. The van der Waals surface area contributed by atoms with E-state index in [0.29, 0.717) is 6.04 Å². The summed E-state index contributed by atoms with van der Waals surface area (Å²) in [6, 6.07) is 0.462. The predicted octanol–water partition coefficient (Wildman–Crippen LogP) is 0.560. The van der Waals surface area contributed by atoms with Crippen molar-refractivity contribution in [1.82, 2.24) is 5.32 Å². The first kappa shape index (κ1) is 9.26. The molecule has 0 bridgehead atoms. The highest BCUT2D eigenvalue weighted by Gasteiger charge is 2.17. The van der Waals surface area contributed by atoms with Crippen LogP contribution in [0.1, 0.15) is 26.2 Å². The Morgan fingerprint density at radius 2 is 2.50 bits per heavy atom. The maximum absolute atomic E-state index is 10.8. The van der Waals surface area contributed by atoms with E-state index in [-0.39, 0.29) is 5.91 Å². The number of allylic oxidation sites excluding steroid dienone is 1. The molecule has 1 unspecified atom stereocenters. The van der Waals surface area contributed by atoms with Crippen LogP contribution in [0.15, 0.2) is 11.6 Å². The van der Waals surface area contributed by atoms with Gasteiger partial charge in [-0.15, -0.1) is 0 Å². The first-order chi connectivity index (χ1) is 5.74. The van der Waals surface area contributed by atoms with E-state index in [1.807, 2.05) is 13.0 Å². The Kier molecular flexibility index (Phi) is 3.29. The highest BCUT2D eigenvalue weighted by molar-refractivity contribution is 5.91. The molecular weight excluding hydrogens is 152 g/mol. The van der Waals surface area contributed by atoms with Crippen molar-refractivity contribution >= 4 is 5.91 Å². The van der Waals surface area contributed by atoms with E-state index < -0.39 is 0 Å². The van der Waals surface area contributed by atoms with Crippen LogP contribution in [0, 0.1) is 0 Å². The van der Waals surface area contributed by atoms with Gasteiger partial charge in [-0.2, -0.15) is 0 Å². The van der Waals surface area contributed by atoms with Gasteiger partial charge in [0.15, 0.2) is 0 Å². The smallest absolute Gasteiger partial charge is 0.244 e. The van der Waals surface area contributed by atoms with Gasteiger partial charge in [0.2, 0.25) is 5.91 Å². The molecule has 0 spiro atoms. The topological polar surface area (TPSA) is 55.1 Å². The lowest BCUT2D eigenvalue weighted by Crippen LogP contribution is -2.25. The summed E-state index contributed by atoms with van der Waals surface area (Å²) in [5, 5.41) is 3.33. The lowest BCUT2D eigenvalue weighted by molar-refractivity contribution is -0.114. The zero-order valence-corrected chi connectivity index (χ0v) is 7.47. The zero-order valence-electron chi connectivity index (χ0n) is 7.47. The summed E-state index contributed by atoms with van der Waals surface area (Å²) < 4.78 is 0. The highest BCUT2D eigenvalue weighted by Crippen LogP contribution is 2.13. The Morgan fingerprint density at radius 1 is 1.75 bits per heavy atom. The maximum atomic E-state index is 10.8. The van der Waals surface area contributed by atoms with Gasteiger partial charge in [-0.05, 0) is 32.7 Å². The molecule has 3 N–H and O–H groups in total. The summed E-state index contributed by atoms with van der Waals surface area (Å²) in [6.07, 6.45) is 4.96. The number of hydrogen-bond donors (Lipinski definition) is 2. The van der Waals surface area contributed by atoms with E-state index >= 15 is 0 Å². The number of primary amides is 1. The summed E-state index contributed by atoms with van der Waals surface area (Å²) in [6.45, 7) is 2.93. The molecule has 1 amide bonds.